The molecule has 25 heavy (non-hydrogen) atoms. The molecule has 128 valence electrons. The molecule has 0 atom stereocenters. The second-order valence-corrected chi connectivity index (χ2v) is 6.06. The number of aromatic nitrogens is 1. The molecule has 0 saturated heterocycles. The number of hydrogen-bond donors (Lipinski definition) is 1. The molecular formula is C18H13Cl2FN2O2. The van der Waals surface area contributed by atoms with E-state index in [0.717, 1.165) is 5.56 Å². The molecule has 0 aliphatic rings. The van der Waals surface area contributed by atoms with Gasteiger partial charge in [0.15, 0.2) is 17.5 Å². The molecule has 1 heterocycles. The van der Waals surface area contributed by atoms with Crippen LogP contribution in [0.4, 0.5) is 10.1 Å². The number of nitrogens with zero attached hydrogens (tertiary/aromatic N) is 1. The largest absolute Gasteiger partial charge is 0.441 e. The van der Waals surface area contributed by atoms with Gasteiger partial charge in [-0.05, 0) is 24.3 Å². The van der Waals surface area contributed by atoms with Crippen LogP contribution < -0.4 is 5.32 Å². The van der Waals surface area contributed by atoms with Gasteiger partial charge in [-0.2, -0.15) is 0 Å². The summed E-state index contributed by atoms with van der Waals surface area (Å²) in [5.74, 6) is -0.0909. The Bertz CT molecular complexity index is 912. The lowest BCUT2D eigenvalue weighted by Crippen LogP contribution is -2.13. The minimum atomic E-state index is -0.658. The van der Waals surface area contributed by atoms with E-state index in [-0.39, 0.29) is 29.5 Å². The fraction of sp³-hybridized carbons (Fsp3) is 0.111. The van der Waals surface area contributed by atoms with Crippen molar-refractivity contribution in [3.8, 4) is 11.3 Å². The van der Waals surface area contributed by atoms with E-state index in [9.17, 15) is 9.18 Å². The zero-order valence-corrected chi connectivity index (χ0v) is 14.4. The fourth-order valence-electron chi connectivity index (χ4n) is 2.24. The second-order valence-electron chi connectivity index (χ2n) is 5.25. The lowest BCUT2D eigenvalue weighted by Gasteiger charge is -2.06. The van der Waals surface area contributed by atoms with E-state index >= 15 is 0 Å². The topological polar surface area (TPSA) is 55.1 Å². The number of oxazole rings is 1. The third-order valence-electron chi connectivity index (χ3n) is 3.48. The summed E-state index contributed by atoms with van der Waals surface area (Å²) in [6, 6.07) is 11.7. The molecule has 0 bridgehead atoms. The minimum absolute atomic E-state index is 0.0432. The minimum Gasteiger partial charge on any atom is -0.441 e. The third kappa shape index (κ3) is 4.18. The van der Waals surface area contributed by atoms with Gasteiger partial charge in [-0.1, -0.05) is 41.4 Å². The molecule has 0 aliphatic heterocycles. The Kier molecular flexibility index (Phi) is 5.36. The van der Waals surface area contributed by atoms with Crippen LogP contribution >= 0.6 is 23.2 Å². The molecular weight excluding hydrogens is 366 g/mol. The summed E-state index contributed by atoms with van der Waals surface area (Å²) in [6.07, 6.45) is 1.93. The highest BCUT2D eigenvalue weighted by molar-refractivity contribution is 6.33. The van der Waals surface area contributed by atoms with Gasteiger partial charge in [-0.3, -0.25) is 4.79 Å². The summed E-state index contributed by atoms with van der Waals surface area (Å²) in [5, 5.41) is 2.99. The summed E-state index contributed by atoms with van der Waals surface area (Å²) in [6.45, 7) is 0. The third-order valence-corrected chi connectivity index (χ3v) is 4.11. The van der Waals surface area contributed by atoms with Crippen LogP contribution in [0.25, 0.3) is 11.3 Å². The van der Waals surface area contributed by atoms with Crippen molar-refractivity contribution in [1.29, 1.82) is 0 Å². The molecule has 4 nitrogen and oxygen atoms in total. The van der Waals surface area contributed by atoms with Crippen LogP contribution in [0, 0.1) is 5.82 Å². The van der Waals surface area contributed by atoms with Crippen molar-refractivity contribution in [1.82, 2.24) is 4.98 Å². The van der Waals surface area contributed by atoms with Gasteiger partial charge in [0.05, 0.1) is 21.9 Å². The normalized spacial score (nSPS) is 10.7. The second kappa shape index (κ2) is 7.68. The van der Waals surface area contributed by atoms with Crippen LogP contribution in [-0.2, 0) is 11.2 Å². The van der Waals surface area contributed by atoms with E-state index in [1.54, 1.807) is 18.3 Å². The average Bonchev–Trinajstić information content (AvgIpc) is 3.06. The highest BCUT2D eigenvalue weighted by atomic mass is 35.5. The molecule has 1 amide bonds. The molecule has 0 spiro atoms. The molecule has 0 saturated carbocycles. The molecule has 1 aromatic heterocycles. The van der Waals surface area contributed by atoms with Crippen molar-refractivity contribution in [2.45, 2.75) is 12.8 Å². The first-order chi connectivity index (χ1) is 12.0. The summed E-state index contributed by atoms with van der Waals surface area (Å²) in [4.78, 5) is 16.1. The van der Waals surface area contributed by atoms with E-state index in [4.69, 9.17) is 27.6 Å². The Hall–Kier alpha value is -2.37. The first-order valence-corrected chi connectivity index (χ1v) is 8.23. The maximum absolute atomic E-state index is 13.8. The van der Waals surface area contributed by atoms with E-state index in [2.05, 4.69) is 10.3 Å². The standard InChI is InChI=1S/C18H13Cl2FN2O2/c19-12-5-2-1-4-11(12)15-10-22-17(25-15)9-8-16(24)23-14-7-3-6-13(20)18(14)21/h1-7,10H,8-9H2,(H,23,24). The maximum atomic E-state index is 13.8. The quantitative estimate of drug-likeness (QED) is 0.650. The Balaban J connectivity index is 1.62. The lowest BCUT2D eigenvalue weighted by atomic mass is 10.2. The van der Waals surface area contributed by atoms with Crippen molar-refractivity contribution in [3.05, 3.63) is 70.4 Å². The Morgan fingerprint density at radius 3 is 2.68 bits per heavy atom. The number of carbonyl (C=O) groups excluding carboxylic acids is 1. The maximum Gasteiger partial charge on any atom is 0.224 e. The monoisotopic (exact) mass is 378 g/mol. The molecule has 7 heteroatoms. The van der Waals surface area contributed by atoms with E-state index < -0.39 is 5.82 Å². The van der Waals surface area contributed by atoms with Crippen LogP contribution in [0.2, 0.25) is 10.0 Å². The number of anilines is 1. The smallest absolute Gasteiger partial charge is 0.224 e. The van der Waals surface area contributed by atoms with E-state index in [0.29, 0.717) is 16.7 Å². The number of carbonyl (C=O) groups is 1. The lowest BCUT2D eigenvalue weighted by molar-refractivity contribution is -0.116. The summed E-state index contributed by atoms with van der Waals surface area (Å²) < 4.78 is 19.4. The zero-order chi connectivity index (χ0) is 17.8. The fourth-order valence-corrected chi connectivity index (χ4v) is 2.65. The van der Waals surface area contributed by atoms with Crippen LogP contribution in [-0.4, -0.2) is 10.9 Å². The molecule has 1 N–H and O–H groups in total. The van der Waals surface area contributed by atoms with Crippen molar-refractivity contribution < 1.29 is 13.6 Å². The molecule has 0 unspecified atom stereocenters. The number of halogens is 3. The number of amides is 1. The number of aryl methyl sites for hydroxylation is 1. The summed E-state index contributed by atoms with van der Waals surface area (Å²) >= 11 is 11.8. The van der Waals surface area contributed by atoms with Crippen LogP contribution in [0.15, 0.2) is 53.1 Å². The van der Waals surface area contributed by atoms with Crippen molar-refractivity contribution >= 4 is 34.8 Å². The molecule has 2 aromatic carbocycles. The average molecular weight is 379 g/mol. The van der Waals surface area contributed by atoms with E-state index in [1.807, 2.05) is 18.2 Å². The highest BCUT2D eigenvalue weighted by Gasteiger charge is 2.13. The number of benzene rings is 2. The number of hydrogen-bond acceptors (Lipinski definition) is 3. The SMILES string of the molecule is O=C(CCc1ncc(-c2ccccc2Cl)o1)Nc1cccc(Cl)c1F. The molecule has 3 aromatic rings. The Morgan fingerprint density at radius 2 is 1.88 bits per heavy atom. The molecule has 0 aliphatic carbocycles. The highest BCUT2D eigenvalue weighted by Crippen LogP contribution is 2.28. The summed E-state index contributed by atoms with van der Waals surface area (Å²) in [7, 11) is 0. The van der Waals surface area contributed by atoms with Gasteiger partial charge in [0.2, 0.25) is 5.91 Å². The number of rotatable bonds is 5. The van der Waals surface area contributed by atoms with Crippen molar-refractivity contribution in [3.63, 3.8) is 0 Å². The first kappa shape index (κ1) is 17.5. The predicted molar refractivity (Wildman–Crippen MR) is 95.3 cm³/mol. The predicted octanol–water partition coefficient (Wildman–Crippen LogP) is 5.36. The van der Waals surface area contributed by atoms with Crippen LogP contribution in [0.3, 0.4) is 0 Å². The van der Waals surface area contributed by atoms with Gasteiger partial charge < -0.3 is 9.73 Å². The first-order valence-electron chi connectivity index (χ1n) is 7.48. The zero-order valence-electron chi connectivity index (χ0n) is 12.9. The summed E-state index contributed by atoms with van der Waals surface area (Å²) in [5.41, 5.74) is 0.773. The Labute approximate surface area is 153 Å². The van der Waals surface area contributed by atoms with Gasteiger partial charge in [-0.15, -0.1) is 0 Å². The van der Waals surface area contributed by atoms with Crippen molar-refractivity contribution in [2.75, 3.05) is 5.32 Å². The van der Waals surface area contributed by atoms with Crippen LogP contribution in [0.5, 0.6) is 0 Å². The van der Waals surface area contributed by atoms with Gasteiger partial charge in [0.1, 0.15) is 0 Å². The van der Waals surface area contributed by atoms with E-state index in [1.165, 1.54) is 12.1 Å². The molecule has 0 radical (unpaired) electrons. The number of nitrogens with one attached hydrogen (secondary N) is 1. The van der Waals surface area contributed by atoms with Gasteiger partial charge in [0.25, 0.3) is 0 Å². The van der Waals surface area contributed by atoms with Gasteiger partial charge in [-0.25, -0.2) is 9.37 Å². The molecule has 0 fully saturated rings. The van der Waals surface area contributed by atoms with Crippen LogP contribution in [0.1, 0.15) is 12.3 Å². The van der Waals surface area contributed by atoms with Gasteiger partial charge >= 0.3 is 0 Å². The Morgan fingerprint density at radius 1 is 1.12 bits per heavy atom. The van der Waals surface area contributed by atoms with Crippen molar-refractivity contribution in [2.24, 2.45) is 0 Å². The van der Waals surface area contributed by atoms with Gasteiger partial charge in [0, 0.05) is 18.4 Å². The molecule has 3 rings (SSSR count).